The lowest BCUT2D eigenvalue weighted by Gasteiger charge is -2.28. The third-order valence-corrected chi connectivity index (χ3v) is 4.79. The second-order valence-electron chi connectivity index (χ2n) is 6.93. The minimum absolute atomic E-state index is 0.147. The van der Waals surface area contributed by atoms with Crippen molar-refractivity contribution in [1.82, 2.24) is 19.6 Å². The summed E-state index contributed by atoms with van der Waals surface area (Å²) in [6.07, 6.45) is 4.61. The largest absolute Gasteiger partial charge is 0.368 e. The number of aromatic nitrogens is 2. The molecule has 2 heterocycles. The fraction of sp³-hybridized carbons (Fsp3) is 0.421. The lowest BCUT2D eigenvalue weighted by molar-refractivity contribution is -0.122. The second-order valence-corrected chi connectivity index (χ2v) is 6.93. The van der Waals surface area contributed by atoms with Gasteiger partial charge in [-0.05, 0) is 32.5 Å². The molecule has 7 heteroatoms. The molecule has 0 unspecified atom stereocenters. The van der Waals surface area contributed by atoms with Gasteiger partial charge in [-0.1, -0.05) is 30.3 Å². The average molecular weight is 355 g/mol. The maximum absolute atomic E-state index is 13.2. The standard InChI is InChI=1S/C19H25N5O2/c1-22(2)10-11-23-13-15(12-21-23)19(26)24-16(8-9-17(24)18(20)25)14-6-4-3-5-7-14/h3-7,12-13,16-17H,8-11H2,1-2H3,(H2,20,25)/t16-,17-/m1/s1. The van der Waals surface area contributed by atoms with Gasteiger partial charge in [-0.25, -0.2) is 0 Å². The van der Waals surface area contributed by atoms with Gasteiger partial charge < -0.3 is 15.5 Å². The van der Waals surface area contributed by atoms with E-state index in [0.717, 1.165) is 18.5 Å². The maximum atomic E-state index is 13.2. The van der Waals surface area contributed by atoms with E-state index in [1.54, 1.807) is 22.0 Å². The molecule has 2 amide bonds. The summed E-state index contributed by atoms with van der Waals surface area (Å²) in [6, 6.07) is 9.04. The fourth-order valence-electron chi connectivity index (χ4n) is 3.42. The van der Waals surface area contributed by atoms with Crippen molar-refractivity contribution in [1.29, 1.82) is 0 Å². The van der Waals surface area contributed by atoms with Crippen molar-refractivity contribution in [2.24, 2.45) is 5.73 Å². The number of nitrogens with two attached hydrogens (primary N) is 1. The van der Waals surface area contributed by atoms with Gasteiger partial charge in [0.1, 0.15) is 6.04 Å². The molecule has 0 saturated carbocycles. The molecule has 0 aliphatic carbocycles. The van der Waals surface area contributed by atoms with Gasteiger partial charge in [-0.15, -0.1) is 0 Å². The van der Waals surface area contributed by atoms with Crippen molar-refractivity contribution in [3.63, 3.8) is 0 Å². The second kappa shape index (κ2) is 7.70. The highest BCUT2D eigenvalue weighted by Gasteiger charge is 2.41. The summed E-state index contributed by atoms with van der Waals surface area (Å²) in [5.41, 5.74) is 7.07. The van der Waals surface area contributed by atoms with E-state index in [9.17, 15) is 9.59 Å². The molecule has 1 fully saturated rings. The van der Waals surface area contributed by atoms with Crippen LogP contribution in [0.5, 0.6) is 0 Å². The smallest absolute Gasteiger partial charge is 0.258 e. The first-order valence-electron chi connectivity index (χ1n) is 8.81. The summed E-state index contributed by atoms with van der Waals surface area (Å²) in [4.78, 5) is 28.7. The Hall–Kier alpha value is -2.67. The monoisotopic (exact) mass is 355 g/mol. The Morgan fingerprint density at radius 1 is 1.23 bits per heavy atom. The number of rotatable bonds is 6. The predicted octanol–water partition coefficient (Wildman–Crippen LogP) is 1.28. The molecule has 3 rings (SSSR count). The molecule has 0 bridgehead atoms. The normalized spacial score (nSPS) is 19.9. The van der Waals surface area contributed by atoms with Gasteiger partial charge in [0.25, 0.3) is 5.91 Å². The van der Waals surface area contributed by atoms with Crippen LogP contribution in [0.4, 0.5) is 0 Å². The minimum Gasteiger partial charge on any atom is -0.368 e. The zero-order valence-electron chi connectivity index (χ0n) is 15.2. The van der Waals surface area contributed by atoms with Crippen molar-refractivity contribution in [2.45, 2.75) is 31.5 Å². The molecule has 1 saturated heterocycles. The number of carbonyl (C=O) groups is 2. The van der Waals surface area contributed by atoms with E-state index in [1.165, 1.54) is 0 Å². The highest BCUT2D eigenvalue weighted by Crippen LogP contribution is 2.37. The fourth-order valence-corrected chi connectivity index (χ4v) is 3.42. The van der Waals surface area contributed by atoms with Crippen LogP contribution in [0, 0.1) is 0 Å². The molecule has 1 aliphatic rings. The first-order valence-corrected chi connectivity index (χ1v) is 8.81. The van der Waals surface area contributed by atoms with Gasteiger partial charge in [-0.3, -0.25) is 14.3 Å². The van der Waals surface area contributed by atoms with Crippen molar-refractivity contribution < 1.29 is 9.59 Å². The Labute approximate surface area is 153 Å². The SMILES string of the molecule is CN(C)CCn1cc(C(=O)N2[C@@H](C(N)=O)CC[C@@H]2c2ccccc2)cn1. The molecule has 2 aromatic rings. The topological polar surface area (TPSA) is 84.5 Å². The van der Waals surface area contributed by atoms with Crippen LogP contribution in [0.1, 0.15) is 34.8 Å². The molecule has 2 N–H and O–H groups in total. The van der Waals surface area contributed by atoms with Crippen LogP contribution in [0.3, 0.4) is 0 Å². The van der Waals surface area contributed by atoms with Crippen LogP contribution < -0.4 is 5.73 Å². The quantitative estimate of drug-likeness (QED) is 0.846. The third-order valence-electron chi connectivity index (χ3n) is 4.79. The van der Waals surface area contributed by atoms with Crippen LogP contribution >= 0.6 is 0 Å². The van der Waals surface area contributed by atoms with Gasteiger partial charge in [-0.2, -0.15) is 5.10 Å². The van der Waals surface area contributed by atoms with Gasteiger partial charge in [0.05, 0.1) is 24.3 Å². The summed E-state index contributed by atoms with van der Waals surface area (Å²) in [7, 11) is 3.98. The number of hydrogen-bond donors (Lipinski definition) is 1. The Morgan fingerprint density at radius 2 is 1.96 bits per heavy atom. The average Bonchev–Trinajstić information content (AvgIpc) is 3.27. The van der Waals surface area contributed by atoms with E-state index in [1.807, 2.05) is 44.4 Å². The Balaban J connectivity index is 1.85. The zero-order chi connectivity index (χ0) is 18.7. The van der Waals surface area contributed by atoms with E-state index >= 15 is 0 Å². The number of nitrogens with zero attached hydrogens (tertiary/aromatic N) is 4. The first kappa shape index (κ1) is 18.1. The van der Waals surface area contributed by atoms with Crippen molar-refractivity contribution in [2.75, 3.05) is 20.6 Å². The molecule has 1 aromatic carbocycles. The number of likely N-dealkylation sites (N-methyl/N-ethyl adjacent to an activating group) is 1. The molecule has 2 atom stereocenters. The van der Waals surface area contributed by atoms with Crippen LogP contribution in [0.15, 0.2) is 42.7 Å². The molecule has 1 aromatic heterocycles. The summed E-state index contributed by atoms with van der Waals surface area (Å²) in [5, 5.41) is 4.27. The Kier molecular flexibility index (Phi) is 5.37. The molecular formula is C19H25N5O2. The Bertz CT molecular complexity index is 771. The minimum atomic E-state index is -0.585. The lowest BCUT2D eigenvalue weighted by atomic mass is 10.0. The molecule has 0 spiro atoms. The number of amides is 2. The molecule has 26 heavy (non-hydrogen) atoms. The van der Waals surface area contributed by atoms with Crippen molar-refractivity contribution in [3.05, 3.63) is 53.9 Å². The van der Waals surface area contributed by atoms with Crippen LogP contribution in [-0.2, 0) is 11.3 Å². The molecule has 7 nitrogen and oxygen atoms in total. The predicted molar refractivity (Wildman–Crippen MR) is 98.3 cm³/mol. The zero-order valence-corrected chi connectivity index (χ0v) is 15.2. The Morgan fingerprint density at radius 3 is 2.62 bits per heavy atom. The molecule has 0 radical (unpaired) electrons. The van der Waals surface area contributed by atoms with Gasteiger partial charge in [0, 0.05) is 12.7 Å². The molecule has 1 aliphatic heterocycles. The summed E-state index contributed by atoms with van der Waals surface area (Å²) in [6.45, 7) is 1.53. The van der Waals surface area contributed by atoms with E-state index < -0.39 is 11.9 Å². The third kappa shape index (κ3) is 3.77. The van der Waals surface area contributed by atoms with Gasteiger partial charge in [0.15, 0.2) is 0 Å². The van der Waals surface area contributed by atoms with E-state index in [0.29, 0.717) is 18.5 Å². The number of benzene rings is 1. The van der Waals surface area contributed by atoms with Crippen LogP contribution in [0.25, 0.3) is 0 Å². The lowest BCUT2D eigenvalue weighted by Crippen LogP contribution is -2.44. The molecule has 138 valence electrons. The molecular weight excluding hydrogens is 330 g/mol. The summed E-state index contributed by atoms with van der Waals surface area (Å²) in [5.74, 6) is -0.659. The number of carbonyl (C=O) groups excluding carboxylic acids is 2. The van der Waals surface area contributed by atoms with E-state index in [4.69, 9.17) is 5.73 Å². The number of likely N-dealkylation sites (tertiary alicyclic amines) is 1. The maximum Gasteiger partial charge on any atom is 0.258 e. The van der Waals surface area contributed by atoms with Crippen LogP contribution in [0.2, 0.25) is 0 Å². The van der Waals surface area contributed by atoms with Gasteiger partial charge in [0.2, 0.25) is 5.91 Å². The highest BCUT2D eigenvalue weighted by molar-refractivity contribution is 5.97. The highest BCUT2D eigenvalue weighted by atomic mass is 16.2. The first-order chi connectivity index (χ1) is 12.5. The van der Waals surface area contributed by atoms with Gasteiger partial charge >= 0.3 is 0 Å². The van der Waals surface area contributed by atoms with E-state index in [2.05, 4.69) is 10.00 Å². The number of primary amides is 1. The number of hydrogen-bond acceptors (Lipinski definition) is 4. The van der Waals surface area contributed by atoms with Crippen molar-refractivity contribution in [3.8, 4) is 0 Å². The van der Waals surface area contributed by atoms with Crippen LogP contribution in [-0.4, -0.2) is 58.1 Å². The summed E-state index contributed by atoms with van der Waals surface area (Å²) < 4.78 is 1.75. The van der Waals surface area contributed by atoms with Crippen molar-refractivity contribution >= 4 is 11.8 Å². The summed E-state index contributed by atoms with van der Waals surface area (Å²) >= 11 is 0. The van der Waals surface area contributed by atoms with E-state index in [-0.39, 0.29) is 11.9 Å².